The van der Waals surface area contributed by atoms with Gasteiger partial charge in [0, 0.05) is 18.1 Å². The van der Waals surface area contributed by atoms with E-state index in [-0.39, 0.29) is 0 Å². The zero-order valence-corrected chi connectivity index (χ0v) is 13.0. The smallest absolute Gasteiger partial charge is 0.211 e. The number of hydrogen-bond acceptors (Lipinski definition) is 4. The van der Waals surface area contributed by atoms with Gasteiger partial charge in [0.15, 0.2) is 5.82 Å². The Hall–Kier alpha value is -3.41. The summed E-state index contributed by atoms with van der Waals surface area (Å²) in [5.41, 5.74) is 11.7. The highest BCUT2D eigenvalue weighted by Gasteiger charge is 2.13. The first-order chi connectivity index (χ1) is 11.7. The molecule has 0 saturated carbocycles. The number of nitrogen functional groups attached to an aromatic ring is 1. The summed E-state index contributed by atoms with van der Waals surface area (Å²) in [5.74, 6) is 0.476. The van der Waals surface area contributed by atoms with Crippen LogP contribution < -0.4 is 11.1 Å². The van der Waals surface area contributed by atoms with Crippen molar-refractivity contribution in [1.29, 1.82) is 0 Å². The van der Waals surface area contributed by atoms with Crippen LogP contribution in [0.1, 0.15) is 0 Å². The summed E-state index contributed by atoms with van der Waals surface area (Å²) in [5, 5.41) is 3.68. The van der Waals surface area contributed by atoms with Gasteiger partial charge in [0.1, 0.15) is 17.4 Å². The number of amides is 1. The van der Waals surface area contributed by atoms with Crippen molar-refractivity contribution < 1.29 is 4.79 Å². The fourth-order valence-corrected chi connectivity index (χ4v) is 3.06. The zero-order valence-electron chi connectivity index (χ0n) is 13.0. The summed E-state index contributed by atoms with van der Waals surface area (Å²) < 4.78 is 2.02. The Morgan fingerprint density at radius 2 is 1.83 bits per heavy atom. The van der Waals surface area contributed by atoms with E-state index in [1.807, 2.05) is 35.9 Å². The number of carbonyl (C=O) groups excluding carboxylic acids is 1. The predicted molar refractivity (Wildman–Crippen MR) is 95.6 cm³/mol. The molecule has 0 radical (unpaired) electrons. The highest BCUT2D eigenvalue weighted by atomic mass is 16.1. The van der Waals surface area contributed by atoms with Crippen molar-refractivity contribution >= 4 is 39.9 Å². The average molecular weight is 317 g/mol. The van der Waals surface area contributed by atoms with Gasteiger partial charge in [-0.2, -0.15) is 0 Å². The van der Waals surface area contributed by atoms with Gasteiger partial charge < -0.3 is 15.6 Å². The number of fused-ring (bicyclic) bond motifs is 3. The molecule has 0 fully saturated rings. The number of aryl methyl sites for hydroxylation is 1. The molecule has 0 unspecified atom stereocenters. The quantitative estimate of drug-likeness (QED) is 0.569. The topological polar surface area (TPSA) is 85.8 Å². The van der Waals surface area contributed by atoms with Gasteiger partial charge in [-0.3, -0.25) is 4.79 Å². The second-order valence-corrected chi connectivity index (χ2v) is 5.59. The van der Waals surface area contributed by atoms with Crippen molar-refractivity contribution in [2.45, 2.75) is 0 Å². The molecule has 0 aliphatic heterocycles. The summed E-state index contributed by atoms with van der Waals surface area (Å²) in [6.07, 6.45) is 2.16. The van der Waals surface area contributed by atoms with Gasteiger partial charge in [-0.25, -0.2) is 9.97 Å². The first kappa shape index (κ1) is 14.2. The molecule has 2 aromatic heterocycles. The van der Waals surface area contributed by atoms with E-state index < -0.39 is 0 Å². The molecule has 0 bridgehead atoms. The van der Waals surface area contributed by atoms with Crippen molar-refractivity contribution in [3.8, 4) is 11.1 Å². The van der Waals surface area contributed by atoms with E-state index in [1.165, 1.54) is 6.33 Å². The van der Waals surface area contributed by atoms with Crippen LogP contribution >= 0.6 is 0 Å². The minimum Gasteiger partial charge on any atom is -0.382 e. The van der Waals surface area contributed by atoms with Crippen molar-refractivity contribution in [1.82, 2.24) is 14.5 Å². The molecule has 4 rings (SSSR count). The Morgan fingerprint density at radius 1 is 1.08 bits per heavy atom. The summed E-state index contributed by atoms with van der Waals surface area (Å²) in [7, 11) is 1.96. The SMILES string of the molecule is Cn1c2cc(-c3ccc(NC=O)cc3)ccc2c2ncnc(N)c21. The van der Waals surface area contributed by atoms with Gasteiger partial charge in [-0.1, -0.05) is 24.3 Å². The molecule has 1 amide bonds. The highest BCUT2D eigenvalue weighted by molar-refractivity contribution is 6.09. The standard InChI is InChI=1S/C18H15N5O/c1-23-15-8-12(11-2-5-13(6-3-11)22-10-24)4-7-14(15)16-17(23)18(19)21-9-20-16/h2-10H,1H3,(H,22,24)(H2,19,20,21). The van der Waals surface area contributed by atoms with Gasteiger partial charge in [-0.15, -0.1) is 0 Å². The summed E-state index contributed by atoms with van der Waals surface area (Å²) in [6, 6.07) is 13.9. The maximum absolute atomic E-state index is 10.5. The highest BCUT2D eigenvalue weighted by Crippen LogP contribution is 2.32. The number of nitrogens with zero attached hydrogens (tertiary/aromatic N) is 3. The first-order valence-electron chi connectivity index (χ1n) is 7.48. The molecular formula is C18H15N5O. The number of aromatic nitrogens is 3. The van der Waals surface area contributed by atoms with Crippen molar-refractivity contribution in [3.63, 3.8) is 0 Å². The molecule has 24 heavy (non-hydrogen) atoms. The van der Waals surface area contributed by atoms with E-state index in [2.05, 4.69) is 33.5 Å². The normalized spacial score (nSPS) is 11.0. The van der Waals surface area contributed by atoms with Gasteiger partial charge >= 0.3 is 0 Å². The second kappa shape index (κ2) is 5.34. The van der Waals surface area contributed by atoms with E-state index >= 15 is 0 Å². The van der Waals surface area contributed by atoms with Gasteiger partial charge in [0.05, 0.1) is 5.52 Å². The van der Waals surface area contributed by atoms with Crippen molar-refractivity contribution in [2.24, 2.45) is 7.05 Å². The van der Waals surface area contributed by atoms with Crippen molar-refractivity contribution in [2.75, 3.05) is 11.1 Å². The third-order valence-electron chi connectivity index (χ3n) is 4.24. The van der Waals surface area contributed by atoms with Gasteiger partial charge in [0.25, 0.3) is 0 Å². The van der Waals surface area contributed by atoms with Crippen LogP contribution in [-0.2, 0) is 11.8 Å². The molecular weight excluding hydrogens is 302 g/mol. The van der Waals surface area contributed by atoms with Crippen LogP contribution in [0.4, 0.5) is 11.5 Å². The van der Waals surface area contributed by atoms with Crippen LogP contribution in [0.15, 0.2) is 48.8 Å². The molecule has 118 valence electrons. The minimum absolute atomic E-state index is 0.476. The number of anilines is 2. The monoisotopic (exact) mass is 317 g/mol. The van der Waals surface area contributed by atoms with Crippen LogP contribution in [0.3, 0.4) is 0 Å². The zero-order chi connectivity index (χ0) is 16.7. The number of benzene rings is 2. The van der Waals surface area contributed by atoms with Gasteiger partial charge in [0.2, 0.25) is 6.41 Å². The molecule has 2 aromatic carbocycles. The third kappa shape index (κ3) is 2.08. The maximum Gasteiger partial charge on any atom is 0.211 e. The Bertz CT molecular complexity index is 1070. The molecule has 0 atom stereocenters. The lowest BCUT2D eigenvalue weighted by Crippen LogP contribution is -1.96. The number of nitrogens with one attached hydrogen (secondary N) is 1. The average Bonchev–Trinajstić information content (AvgIpc) is 2.89. The largest absolute Gasteiger partial charge is 0.382 e. The molecule has 6 nitrogen and oxygen atoms in total. The lowest BCUT2D eigenvalue weighted by molar-refractivity contribution is -0.105. The van der Waals surface area contributed by atoms with Crippen LogP contribution in [0.2, 0.25) is 0 Å². The molecule has 3 N–H and O–H groups in total. The molecule has 0 aliphatic carbocycles. The molecule has 0 spiro atoms. The van der Waals surface area contributed by atoms with Crippen LogP contribution in [0.25, 0.3) is 33.1 Å². The third-order valence-corrected chi connectivity index (χ3v) is 4.24. The van der Waals surface area contributed by atoms with Gasteiger partial charge in [-0.05, 0) is 29.3 Å². The Kier molecular flexibility index (Phi) is 3.16. The van der Waals surface area contributed by atoms with Crippen molar-refractivity contribution in [3.05, 3.63) is 48.8 Å². The lowest BCUT2D eigenvalue weighted by Gasteiger charge is -2.05. The number of hydrogen-bond donors (Lipinski definition) is 2. The van der Waals surface area contributed by atoms with Crippen LogP contribution in [0.5, 0.6) is 0 Å². The number of carbonyl (C=O) groups is 1. The van der Waals surface area contributed by atoms with E-state index in [0.717, 1.165) is 38.8 Å². The maximum atomic E-state index is 10.5. The number of rotatable bonds is 3. The fourth-order valence-electron chi connectivity index (χ4n) is 3.06. The molecule has 4 aromatic rings. The van der Waals surface area contributed by atoms with E-state index in [1.54, 1.807) is 0 Å². The summed E-state index contributed by atoms with van der Waals surface area (Å²) >= 11 is 0. The molecule has 2 heterocycles. The summed E-state index contributed by atoms with van der Waals surface area (Å²) in [6.45, 7) is 0. The van der Waals surface area contributed by atoms with Crippen LogP contribution in [0, 0.1) is 0 Å². The van der Waals surface area contributed by atoms with Crippen LogP contribution in [-0.4, -0.2) is 20.9 Å². The van der Waals surface area contributed by atoms with E-state index in [0.29, 0.717) is 12.2 Å². The Morgan fingerprint density at radius 3 is 2.58 bits per heavy atom. The Labute approximate surface area is 137 Å². The fraction of sp³-hybridized carbons (Fsp3) is 0.0556. The summed E-state index contributed by atoms with van der Waals surface area (Å²) in [4.78, 5) is 18.9. The molecule has 0 aliphatic rings. The predicted octanol–water partition coefficient (Wildman–Crippen LogP) is 2.94. The molecule has 6 heteroatoms. The molecule has 0 saturated heterocycles. The Balaban J connectivity index is 1.89. The number of nitrogens with two attached hydrogens (primary N) is 1. The van der Waals surface area contributed by atoms with E-state index in [4.69, 9.17) is 5.73 Å². The lowest BCUT2D eigenvalue weighted by atomic mass is 10.0. The first-order valence-corrected chi connectivity index (χ1v) is 7.48. The van der Waals surface area contributed by atoms with E-state index in [9.17, 15) is 4.79 Å². The minimum atomic E-state index is 0.476. The second-order valence-electron chi connectivity index (χ2n) is 5.59.